The average Bonchev–Trinajstić information content (AvgIpc) is 2.55. The fourth-order valence-corrected chi connectivity index (χ4v) is 1.91. The van der Waals surface area contributed by atoms with Crippen LogP contribution in [0.25, 0.3) is 0 Å². The van der Waals surface area contributed by atoms with Gasteiger partial charge in [0.25, 0.3) is 0 Å². The summed E-state index contributed by atoms with van der Waals surface area (Å²) in [5, 5.41) is 6.42. The van der Waals surface area contributed by atoms with Gasteiger partial charge in [-0.3, -0.25) is 4.99 Å². The Morgan fingerprint density at radius 2 is 1.94 bits per heavy atom. The van der Waals surface area contributed by atoms with Crippen molar-refractivity contribution in [2.45, 2.75) is 52.2 Å². The van der Waals surface area contributed by atoms with Gasteiger partial charge in [-0.15, -0.1) is 0 Å². The van der Waals surface area contributed by atoms with Gasteiger partial charge in [-0.25, -0.2) is 0 Å². The highest BCUT2D eigenvalue weighted by molar-refractivity contribution is 5.79. The molecule has 16 heavy (non-hydrogen) atoms. The molecule has 94 valence electrons. The van der Waals surface area contributed by atoms with E-state index in [9.17, 15) is 0 Å². The maximum absolute atomic E-state index is 5.89. The summed E-state index contributed by atoms with van der Waals surface area (Å²) in [6.07, 6.45) is 2.52. The molecule has 0 amide bonds. The van der Waals surface area contributed by atoms with Crippen molar-refractivity contribution in [3.63, 3.8) is 0 Å². The number of hydrogen-bond donors (Lipinski definition) is 2. The van der Waals surface area contributed by atoms with Crippen LogP contribution in [-0.2, 0) is 4.74 Å². The predicted molar refractivity (Wildman–Crippen MR) is 67.8 cm³/mol. The summed E-state index contributed by atoms with van der Waals surface area (Å²) in [6, 6.07) is 0. The van der Waals surface area contributed by atoms with E-state index in [0.717, 1.165) is 38.4 Å². The van der Waals surface area contributed by atoms with Crippen molar-refractivity contribution in [2.24, 2.45) is 4.99 Å². The SMILES string of the molecule is CCNC(=NC[C@@H]1CCC(C)(C)O1)NCC. The van der Waals surface area contributed by atoms with Gasteiger partial charge in [0.05, 0.1) is 18.2 Å². The molecule has 1 rings (SSSR count). The first-order valence-corrected chi connectivity index (χ1v) is 6.27. The topological polar surface area (TPSA) is 45.7 Å². The van der Waals surface area contributed by atoms with Gasteiger partial charge in [-0.1, -0.05) is 0 Å². The van der Waals surface area contributed by atoms with Gasteiger partial charge in [-0.2, -0.15) is 0 Å². The lowest BCUT2D eigenvalue weighted by Gasteiger charge is -2.18. The molecule has 0 unspecified atom stereocenters. The summed E-state index contributed by atoms with van der Waals surface area (Å²) in [7, 11) is 0. The Labute approximate surface area is 98.9 Å². The van der Waals surface area contributed by atoms with Crippen LogP contribution in [0.15, 0.2) is 4.99 Å². The highest BCUT2D eigenvalue weighted by atomic mass is 16.5. The molecule has 0 aromatic heterocycles. The Morgan fingerprint density at radius 1 is 1.31 bits per heavy atom. The molecule has 1 saturated heterocycles. The van der Waals surface area contributed by atoms with Crippen LogP contribution >= 0.6 is 0 Å². The number of guanidine groups is 1. The second kappa shape index (κ2) is 6.09. The largest absolute Gasteiger partial charge is 0.370 e. The molecule has 0 aliphatic carbocycles. The molecule has 0 aromatic carbocycles. The van der Waals surface area contributed by atoms with Crippen molar-refractivity contribution in [1.29, 1.82) is 0 Å². The van der Waals surface area contributed by atoms with Crippen LogP contribution in [0, 0.1) is 0 Å². The van der Waals surface area contributed by atoms with Crippen molar-refractivity contribution < 1.29 is 4.74 Å². The minimum absolute atomic E-state index is 0.0384. The minimum Gasteiger partial charge on any atom is -0.370 e. The van der Waals surface area contributed by atoms with Gasteiger partial charge >= 0.3 is 0 Å². The molecule has 1 aliphatic rings. The number of aliphatic imine (C=N–C) groups is 1. The molecule has 0 spiro atoms. The number of nitrogens with one attached hydrogen (secondary N) is 2. The number of hydrogen-bond acceptors (Lipinski definition) is 2. The maximum atomic E-state index is 5.89. The lowest BCUT2D eigenvalue weighted by atomic mass is 10.1. The third-order valence-electron chi connectivity index (χ3n) is 2.70. The second-order valence-electron chi connectivity index (χ2n) is 4.79. The number of nitrogens with zero attached hydrogens (tertiary/aromatic N) is 1. The molecule has 0 aromatic rings. The molecule has 4 heteroatoms. The maximum Gasteiger partial charge on any atom is 0.191 e. The van der Waals surface area contributed by atoms with Gasteiger partial charge in [0, 0.05) is 13.1 Å². The molecule has 1 fully saturated rings. The average molecular weight is 227 g/mol. The van der Waals surface area contributed by atoms with Gasteiger partial charge in [0.2, 0.25) is 0 Å². The Balaban J connectivity index is 2.38. The Hall–Kier alpha value is -0.770. The van der Waals surface area contributed by atoms with Crippen LogP contribution in [0.2, 0.25) is 0 Å². The fourth-order valence-electron chi connectivity index (χ4n) is 1.91. The highest BCUT2D eigenvalue weighted by Gasteiger charge is 2.31. The molecule has 0 radical (unpaired) electrons. The zero-order valence-corrected chi connectivity index (χ0v) is 11.0. The van der Waals surface area contributed by atoms with E-state index in [1.807, 2.05) is 0 Å². The summed E-state index contributed by atoms with van der Waals surface area (Å²) in [5.41, 5.74) is 0.0384. The van der Waals surface area contributed by atoms with Crippen molar-refractivity contribution in [3.8, 4) is 0 Å². The van der Waals surface area contributed by atoms with Gasteiger partial charge < -0.3 is 15.4 Å². The normalized spacial score (nSPS) is 22.9. The molecule has 2 N–H and O–H groups in total. The quantitative estimate of drug-likeness (QED) is 0.565. The lowest BCUT2D eigenvalue weighted by Crippen LogP contribution is -2.37. The van der Waals surface area contributed by atoms with Gasteiger partial charge in [0.15, 0.2) is 5.96 Å². The molecule has 1 heterocycles. The molecule has 1 atom stereocenters. The molecule has 4 nitrogen and oxygen atoms in total. The Morgan fingerprint density at radius 3 is 2.38 bits per heavy atom. The van der Waals surface area contributed by atoms with Crippen LogP contribution in [0.1, 0.15) is 40.5 Å². The van der Waals surface area contributed by atoms with E-state index >= 15 is 0 Å². The third-order valence-corrected chi connectivity index (χ3v) is 2.70. The lowest BCUT2D eigenvalue weighted by molar-refractivity contribution is -0.0106. The molecule has 1 aliphatic heterocycles. The minimum atomic E-state index is 0.0384. The fraction of sp³-hybridized carbons (Fsp3) is 0.917. The van der Waals surface area contributed by atoms with Crippen LogP contribution in [0.4, 0.5) is 0 Å². The summed E-state index contributed by atoms with van der Waals surface area (Å²) in [6.45, 7) is 11.0. The Kier molecular flexibility index (Phi) is 5.06. The summed E-state index contributed by atoms with van der Waals surface area (Å²) in [4.78, 5) is 4.52. The third kappa shape index (κ3) is 4.39. The molecular formula is C12H25N3O. The number of rotatable bonds is 4. The number of ether oxygens (including phenoxy) is 1. The zero-order valence-electron chi connectivity index (χ0n) is 11.0. The Bertz CT molecular complexity index is 230. The van der Waals surface area contributed by atoms with E-state index in [1.54, 1.807) is 0 Å². The molecule has 0 saturated carbocycles. The molecular weight excluding hydrogens is 202 g/mol. The van der Waals surface area contributed by atoms with E-state index in [0.29, 0.717) is 0 Å². The van der Waals surface area contributed by atoms with Crippen molar-refractivity contribution in [1.82, 2.24) is 10.6 Å². The van der Waals surface area contributed by atoms with Gasteiger partial charge in [0.1, 0.15) is 0 Å². The van der Waals surface area contributed by atoms with Gasteiger partial charge in [-0.05, 0) is 40.5 Å². The van der Waals surface area contributed by atoms with Crippen LogP contribution < -0.4 is 10.6 Å². The second-order valence-corrected chi connectivity index (χ2v) is 4.79. The van der Waals surface area contributed by atoms with Crippen molar-refractivity contribution in [3.05, 3.63) is 0 Å². The van der Waals surface area contributed by atoms with Crippen LogP contribution in [0.3, 0.4) is 0 Å². The summed E-state index contributed by atoms with van der Waals surface area (Å²) < 4.78 is 5.89. The first-order valence-electron chi connectivity index (χ1n) is 6.27. The zero-order chi connectivity index (χ0) is 12.0. The first kappa shape index (κ1) is 13.3. The monoisotopic (exact) mass is 227 g/mol. The van der Waals surface area contributed by atoms with E-state index in [1.165, 1.54) is 0 Å². The van der Waals surface area contributed by atoms with E-state index in [2.05, 4.69) is 43.3 Å². The smallest absolute Gasteiger partial charge is 0.191 e. The summed E-state index contributed by atoms with van der Waals surface area (Å²) >= 11 is 0. The van der Waals surface area contributed by atoms with Crippen molar-refractivity contribution >= 4 is 5.96 Å². The van der Waals surface area contributed by atoms with Crippen LogP contribution in [0.5, 0.6) is 0 Å². The first-order chi connectivity index (χ1) is 7.57. The summed E-state index contributed by atoms with van der Waals surface area (Å²) in [5.74, 6) is 0.887. The van der Waals surface area contributed by atoms with Crippen molar-refractivity contribution in [2.75, 3.05) is 19.6 Å². The van der Waals surface area contributed by atoms with E-state index < -0.39 is 0 Å². The van der Waals surface area contributed by atoms with E-state index in [4.69, 9.17) is 4.74 Å². The predicted octanol–water partition coefficient (Wildman–Crippen LogP) is 1.52. The van der Waals surface area contributed by atoms with Crippen LogP contribution in [-0.4, -0.2) is 37.3 Å². The highest BCUT2D eigenvalue weighted by Crippen LogP contribution is 2.29. The van der Waals surface area contributed by atoms with E-state index in [-0.39, 0.29) is 11.7 Å². The standard InChI is InChI=1S/C12H25N3O/c1-5-13-11(14-6-2)15-9-10-7-8-12(3,4)16-10/h10H,5-9H2,1-4H3,(H2,13,14,15)/t10-/m0/s1. The molecule has 0 bridgehead atoms.